The van der Waals surface area contributed by atoms with Crippen LogP contribution >= 0.6 is 27.5 Å². The molecule has 1 aliphatic heterocycles. The van der Waals surface area contributed by atoms with Gasteiger partial charge < -0.3 is 10.2 Å². The molecule has 0 aliphatic carbocycles. The zero-order chi connectivity index (χ0) is 14.0. The van der Waals surface area contributed by atoms with E-state index in [0.717, 1.165) is 30.4 Å². The molecule has 0 spiro atoms. The summed E-state index contributed by atoms with van der Waals surface area (Å²) in [7, 11) is 1.98. The summed E-state index contributed by atoms with van der Waals surface area (Å²) in [5.41, 5.74) is 0.790. The monoisotopic (exact) mass is 344 g/mol. The molecular formula is C14H18BrClN2O. The highest BCUT2D eigenvalue weighted by molar-refractivity contribution is 9.10. The molecule has 5 heteroatoms. The van der Waals surface area contributed by atoms with Crippen LogP contribution in [0.5, 0.6) is 0 Å². The molecule has 1 saturated heterocycles. The van der Waals surface area contributed by atoms with Crippen molar-refractivity contribution in [2.75, 3.05) is 20.1 Å². The minimum atomic E-state index is 0.0568. The highest BCUT2D eigenvalue weighted by atomic mass is 79.9. The molecule has 19 heavy (non-hydrogen) atoms. The second-order valence-corrected chi connectivity index (χ2v) is 6.61. The van der Waals surface area contributed by atoms with Crippen molar-refractivity contribution >= 4 is 33.4 Å². The largest absolute Gasteiger partial charge is 0.339 e. The van der Waals surface area contributed by atoms with Crippen LogP contribution in [0.15, 0.2) is 22.7 Å². The van der Waals surface area contributed by atoms with Crippen molar-refractivity contribution in [3.63, 3.8) is 0 Å². The lowest BCUT2D eigenvalue weighted by atomic mass is 9.89. The normalized spacial score (nSPS) is 18.4. The number of halogens is 2. The van der Waals surface area contributed by atoms with Gasteiger partial charge in [-0.3, -0.25) is 4.79 Å². The highest BCUT2D eigenvalue weighted by Gasteiger charge is 2.30. The summed E-state index contributed by atoms with van der Waals surface area (Å²) in [4.78, 5) is 14.3. The van der Waals surface area contributed by atoms with Gasteiger partial charge in [0, 0.05) is 33.7 Å². The Morgan fingerprint density at radius 2 is 2.00 bits per heavy atom. The quantitative estimate of drug-likeness (QED) is 0.892. The number of nitrogens with zero attached hydrogens (tertiary/aromatic N) is 1. The zero-order valence-corrected chi connectivity index (χ0v) is 13.5. The topological polar surface area (TPSA) is 32.3 Å². The van der Waals surface area contributed by atoms with Crippen LogP contribution in [0.25, 0.3) is 0 Å². The van der Waals surface area contributed by atoms with Crippen LogP contribution in [0.4, 0.5) is 0 Å². The lowest BCUT2D eigenvalue weighted by Gasteiger charge is -2.39. The van der Waals surface area contributed by atoms with Crippen molar-refractivity contribution in [2.45, 2.75) is 25.3 Å². The molecular weight excluding hydrogens is 328 g/mol. The van der Waals surface area contributed by atoms with Gasteiger partial charge in [0.25, 0.3) is 5.91 Å². The fourth-order valence-electron chi connectivity index (χ4n) is 2.31. The molecule has 0 atom stereocenters. The van der Waals surface area contributed by atoms with E-state index in [1.807, 2.05) is 18.0 Å². The third-order valence-electron chi connectivity index (χ3n) is 3.87. The van der Waals surface area contributed by atoms with Gasteiger partial charge in [-0.25, -0.2) is 0 Å². The molecule has 1 amide bonds. The number of hydrogen-bond acceptors (Lipinski definition) is 2. The standard InChI is InChI=1S/C14H18BrClN2O/c1-14(17-2)3-5-18(6-4-14)13(19)10-7-11(15)9-12(16)8-10/h7-9,17H,3-6H2,1-2H3. The predicted octanol–water partition coefficient (Wildman–Crippen LogP) is 3.32. The first-order valence-corrected chi connectivity index (χ1v) is 7.55. The van der Waals surface area contributed by atoms with Gasteiger partial charge in [0.1, 0.15) is 0 Å². The molecule has 1 aliphatic rings. The average Bonchev–Trinajstić information content (AvgIpc) is 2.38. The Morgan fingerprint density at radius 1 is 1.37 bits per heavy atom. The van der Waals surface area contributed by atoms with Gasteiger partial charge in [0.05, 0.1) is 0 Å². The third kappa shape index (κ3) is 3.50. The van der Waals surface area contributed by atoms with Crippen molar-refractivity contribution in [1.29, 1.82) is 0 Å². The van der Waals surface area contributed by atoms with Crippen molar-refractivity contribution < 1.29 is 4.79 Å². The van der Waals surface area contributed by atoms with E-state index in [2.05, 4.69) is 28.2 Å². The van der Waals surface area contributed by atoms with Crippen molar-refractivity contribution in [3.05, 3.63) is 33.3 Å². The van der Waals surface area contributed by atoms with Gasteiger partial charge in [0.15, 0.2) is 0 Å². The summed E-state index contributed by atoms with van der Waals surface area (Å²) >= 11 is 9.36. The van der Waals surface area contributed by atoms with Gasteiger partial charge >= 0.3 is 0 Å². The number of carbonyl (C=O) groups is 1. The molecule has 0 bridgehead atoms. The molecule has 1 aromatic rings. The summed E-state index contributed by atoms with van der Waals surface area (Å²) in [6.07, 6.45) is 1.94. The van der Waals surface area contributed by atoms with E-state index < -0.39 is 0 Å². The van der Waals surface area contributed by atoms with Crippen molar-refractivity contribution in [1.82, 2.24) is 10.2 Å². The second kappa shape index (κ2) is 5.81. The Labute approximate surface area is 127 Å². The summed E-state index contributed by atoms with van der Waals surface area (Å²) in [6, 6.07) is 5.33. The van der Waals surface area contributed by atoms with Crippen molar-refractivity contribution in [3.8, 4) is 0 Å². The molecule has 0 saturated carbocycles. The Hall–Kier alpha value is -0.580. The molecule has 1 heterocycles. The fourth-order valence-corrected chi connectivity index (χ4v) is 3.17. The van der Waals surface area contributed by atoms with Crippen LogP contribution in [-0.2, 0) is 0 Å². The zero-order valence-electron chi connectivity index (χ0n) is 11.2. The Morgan fingerprint density at radius 3 is 2.53 bits per heavy atom. The van der Waals surface area contributed by atoms with E-state index in [0.29, 0.717) is 10.6 Å². The van der Waals surface area contributed by atoms with E-state index in [-0.39, 0.29) is 11.4 Å². The van der Waals surface area contributed by atoms with Crippen molar-refractivity contribution in [2.24, 2.45) is 0 Å². The number of hydrogen-bond donors (Lipinski definition) is 1. The van der Waals surface area contributed by atoms with Gasteiger partial charge in [-0.1, -0.05) is 27.5 Å². The summed E-state index contributed by atoms with van der Waals surface area (Å²) < 4.78 is 0.834. The van der Waals surface area contributed by atoms with E-state index in [9.17, 15) is 4.79 Å². The number of amides is 1. The molecule has 3 nitrogen and oxygen atoms in total. The molecule has 104 valence electrons. The minimum absolute atomic E-state index is 0.0568. The lowest BCUT2D eigenvalue weighted by Crippen LogP contribution is -2.51. The third-order valence-corrected chi connectivity index (χ3v) is 4.54. The Bertz CT molecular complexity index is 464. The summed E-state index contributed by atoms with van der Waals surface area (Å²) in [5, 5.41) is 3.91. The number of nitrogens with one attached hydrogen (secondary N) is 1. The first-order chi connectivity index (χ1) is 8.93. The van der Waals surface area contributed by atoms with Gasteiger partial charge in [0.2, 0.25) is 0 Å². The molecule has 1 fully saturated rings. The first-order valence-electron chi connectivity index (χ1n) is 6.38. The van der Waals surface area contributed by atoms with Crippen LogP contribution in [0, 0.1) is 0 Å². The van der Waals surface area contributed by atoms with E-state index in [4.69, 9.17) is 11.6 Å². The predicted molar refractivity (Wildman–Crippen MR) is 81.8 cm³/mol. The lowest BCUT2D eigenvalue weighted by molar-refractivity contribution is 0.0662. The van der Waals surface area contributed by atoms with E-state index in [1.54, 1.807) is 12.1 Å². The summed E-state index contributed by atoms with van der Waals surface area (Å²) in [6.45, 7) is 3.76. The number of carbonyl (C=O) groups excluding carboxylic acids is 1. The number of piperidine rings is 1. The number of likely N-dealkylation sites (tertiary alicyclic amines) is 1. The maximum Gasteiger partial charge on any atom is 0.253 e. The Kier molecular flexibility index (Phi) is 4.54. The van der Waals surface area contributed by atoms with Gasteiger partial charge in [-0.2, -0.15) is 0 Å². The molecule has 1 N–H and O–H groups in total. The summed E-state index contributed by atoms with van der Waals surface area (Å²) in [5.74, 6) is 0.0568. The number of benzene rings is 1. The molecule has 0 aromatic heterocycles. The smallest absolute Gasteiger partial charge is 0.253 e. The van der Waals surface area contributed by atoms with E-state index in [1.165, 1.54) is 0 Å². The maximum absolute atomic E-state index is 12.4. The molecule has 0 unspecified atom stereocenters. The maximum atomic E-state index is 12.4. The first kappa shape index (κ1) is 14.8. The van der Waals surface area contributed by atoms with E-state index >= 15 is 0 Å². The minimum Gasteiger partial charge on any atom is -0.339 e. The van der Waals surface area contributed by atoms with Gasteiger partial charge in [-0.05, 0) is 45.0 Å². The fraction of sp³-hybridized carbons (Fsp3) is 0.500. The molecule has 2 rings (SSSR count). The highest BCUT2D eigenvalue weighted by Crippen LogP contribution is 2.25. The van der Waals surface area contributed by atoms with Crippen LogP contribution in [0.1, 0.15) is 30.1 Å². The average molecular weight is 346 g/mol. The number of rotatable bonds is 2. The van der Waals surface area contributed by atoms with Crippen LogP contribution in [0.3, 0.4) is 0 Å². The second-order valence-electron chi connectivity index (χ2n) is 5.26. The van der Waals surface area contributed by atoms with Gasteiger partial charge in [-0.15, -0.1) is 0 Å². The molecule has 0 radical (unpaired) electrons. The SMILES string of the molecule is CNC1(C)CCN(C(=O)c2cc(Cl)cc(Br)c2)CC1. The Balaban J connectivity index is 2.09. The van der Waals surface area contributed by atoms with Crippen LogP contribution in [-0.4, -0.2) is 36.5 Å². The van der Waals surface area contributed by atoms with Crippen LogP contribution < -0.4 is 5.32 Å². The molecule has 1 aromatic carbocycles. The van der Waals surface area contributed by atoms with Crippen LogP contribution in [0.2, 0.25) is 5.02 Å².